The van der Waals surface area contributed by atoms with Gasteiger partial charge in [-0.05, 0) is 25.1 Å². The van der Waals surface area contributed by atoms with Crippen molar-refractivity contribution < 1.29 is 14.3 Å². The number of likely N-dealkylation sites (N-methyl/N-ethyl adjacent to an activating group) is 1. The number of methoxy groups -OCH3 is 1. The van der Waals surface area contributed by atoms with Crippen LogP contribution in [0.1, 0.15) is 18.1 Å². The van der Waals surface area contributed by atoms with Gasteiger partial charge in [0.05, 0.1) is 7.11 Å². The minimum absolute atomic E-state index is 0.246. The van der Waals surface area contributed by atoms with Gasteiger partial charge in [-0.2, -0.15) is 0 Å². The Labute approximate surface area is 119 Å². The Morgan fingerprint density at radius 2 is 2.00 bits per heavy atom. The summed E-state index contributed by atoms with van der Waals surface area (Å²) in [6, 6.07) is 7.44. The molecule has 0 saturated heterocycles. The van der Waals surface area contributed by atoms with Crippen molar-refractivity contribution in [2.24, 2.45) is 0 Å². The smallest absolute Gasteiger partial charge is 0.329 e. The van der Waals surface area contributed by atoms with Crippen molar-refractivity contribution in [1.82, 2.24) is 10.2 Å². The standard InChI is InChI=1S/C15H22N2O3/c1-11-7-5-6-8-13(11)9-17(3)10-14(15(19)20-4)16-12(2)18/h5-8,14H,9-10H2,1-4H3,(H,16,18). The van der Waals surface area contributed by atoms with Crippen molar-refractivity contribution in [3.63, 3.8) is 0 Å². The first-order valence-electron chi connectivity index (χ1n) is 6.52. The summed E-state index contributed by atoms with van der Waals surface area (Å²) < 4.78 is 4.71. The molecule has 0 spiro atoms. The van der Waals surface area contributed by atoms with E-state index >= 15 is 0 Å². The third-order valence-electron chi connectivity index (χ3n) is 3.06. The van der Waals surface area contributed by atoms with Crippen LogP contribution >= 0.6 is 0 Å². The second-order valence-electron chi connectivity index (χ2n) is 4.90. The van der Waals surface area contributed by atoms with Crippen molar-refractivity contribution >= 4 is 11.9 Å². The number of benzene rings is 1. The molecule has 1 aromatic carbocycles. The number of esters is 1. The molecule has 110 valence electrons. The molecule has 0 fully saturated rings. The molecule has 1 atom stereocenters. The van der Waals surface area contributed by atoms with Crippen LogP contribution < -0.4 is 5.32 Å². The number of hydrogen-bond donors (Lipinski definition) is 1. The average Bonchev–Trinajstić information content (AvgIpc) is 2.39. The SMILES string of the molecule is COC(=O)C(CN(C)Cc1ccccc1C)NC(C)=O. The second kappa shape index (κ2) is 7.65. The van der Waals surface area contributed by atoms with Crippen molar-refractivity contribution in [2.75, 3.05) is 20.7 Å². The molecule has 0 saturated carbocycles. The molecule has 20 heavy (non-hydrogen) atoms. The highest BCUT2D eigenvalue weighted by molar-refractivity contribution is 5.83. The number of aryl methyl sites for hydroxylation is 1. The number of amides is 1. The molecule has 1 N–H and O–H groups in total. The minimum Gasteiger partial charge on any atom is -0.467 e. The maximum absolute atomic E-state index is 11.6. The molecule has 0 aliphatic heterocycles. The van der Waals surface area contributed by atoms with Crippen LogP contribution in [0.3, 0.4) is 0 Å². The fourth-order valence-corrected chi connectivity index (χ4v) is 2.02. The fraction of sp³-hybridized carbons (Fsp3) is 0.467. The molecule has 1 unspecified atom stereocenters. The Bertz CT molecular complexity index is 474. The summed E-state index contributed by atoms with van der Waals surface area (Å²) in [5.41, 5.74) is 2.40. The third kappa shape index (κ3) is 5.01. The van der Waals surface area contributed by atoms with Gasteiger partial charge >= 0.3 is 5.97 Å². The van der Waals surface area contributed by atoms with E-state index in [2.05, 4.69) is 24.4 Å². The molecule has 0 aliphatic carbocycles. The highest BCUT2D eigenvalue weighted by atomic mass is 16.5. The molecule has 0 aromatic heterocycles. The summed E-state index contributed by atoms with van der Waals surface area (Å²) in [7, 11) is 3.22. The second-order valence-corrected chi connectivity index (χ2v) is 4.90. The van der Waals surface area contributed by atoms with E-state index in [0.717, 1.165) is 0 Å². The number of ether oxygens (including phenoxy) is 1. The van der Waals surface area contributed by atoms with Crippen LogP contribution in [0.15, 0.2) is 24.3 Å². The van der Waals surface area contributed by atoms with Gasteiger partial charge in [-0.1, -0.05) is 24.3 Å². The van der Waals surface area contributed by atoms with Crippen LogP contribution in [0.2, 0.25) is 0 Å². The number of nitrogens with one attached hydrogen (secondary N) is 1. The molecular weight excluding hydrogens is 256 g/mol. The van der Waals surface area contributed by atoms with Crippen molar-refractivity contribution in [3.05, 3.63) is 35.4 Å². The monoisotopic (exact) mass is 278 g/mol. The summed E-state index contributed by atoms with van der Waals surface area (Å²) in [6.07, 6.45) is 0. The molecular formula is C15H22N2O3. The predicted molar refractivity (Wildman–Crippen MR) is 77.1 cm³/mol. The van der Waals surface area contributed by atoms with Gasteiger partial charge in [0.1, 0.15) is 6.04 Å². The molecule has 1 aromatic rings. The normalized spacial score (nSPS) is 12.1. The zero-order chi connectivity index (χ0) is 15.1. The highest BCUT2D eigenvalue weighted by Crippen LogP contribution is 2.09. The lowest BCUT2D eigenvalue weighted by Gasteiger charge is -2.23. The molecule has 5 nitrogen and oxygen atoms in total. The lowest BCUT2D eigenvalue weighted by molar-refractivity contribution is -0.145. The van der Waals surface area contributed by atoms with Crippen molar-refractivity contribution in [2.45, 2.75) is 26.4 Å². The first-order chi connectivity index (χ1) is 9.43. The first kappa shape index (κ1) is 16.2. The van der Waals surface area contributed by atoms with Gasteiger partial charge in [0.2, 0.25) is 5.91 Å². The summed E-state index contributed by atoms with van der Waals surface area (Å²) in [4.78, 5) is 24.8. The molecule has 0 bridgehead atoms. The summed E-state index contributed by atoms with van der Waals surface area (Å²) in [6.45, 7) is 4.55. The lowest BCUT2D eigenvalue weighted by Crippen LogP contribution is -2.47. The number of carbonyl (C=O) groups is 2. The summed E-state index contributed by atoms with van der Waals surface area (Å²) >= 11 is 0. The van der Waals surface area contributed by atoms with E-state index in [1.807, 2.05) is 24.1 Å². The van der Waals surface area contributed by atoms with Gasteiger partial charge in [0.15, 0.2) is 0 Å². The topological polar surface area (TPSA) is 58.6 Å². The van der Waals surface area contributed by atoms with Gasteiger partial charge < -0.3 is 10.1 Å². The largest absolute Gasteiger partial charge is 0.467 e. The van der Waals surface area contributed by atoms with Gasteiger partial charge in [-0.15, -0.1) is 0 Å². The minimum atomic E-state index is -0.647. The molecule has 5 heteroatoms. The van der Waals surface area contributed by atoms with Gasteiger partial charge in [0, 0.05) is 20.0 Å². The van der Waals surface area contributed by atoms with Crippen LogP contribution in [0.5, 0.6) is 0 Å². The maximum Gasteiger partial charge on any atom is 0.329 e. The molecule has 0 radical (unpaired) electrons. The molecule has 1 rings (SSSR count). The van der Waals surface area contributed by atoms with Crippen LogP contribution in [0.25, 0.3) is 0 Å². The van der Waals surface area contributed by atoms with E-state index in [1.165, 1.54) is 25.2 Å². The molecule has 0 heterocycles. The Hall–Kier alpha value is -1.88. The van der Waals surface area contributed by atoms with E-state index in [1.54, 1.807) is 0 Å². The van der Waals surface area contributed by atoms with Gasteiger partial charge in [-0.3, -0.25) is 9.69 Å². The van der Waals surface area contributed by atoms with Crippen LogP contribution in [0, 0.1) is 6.92 Å². The van der Waals surface area contributed by atoms with E-state index in [-0.39, 0.29) is 5.91 Å². The third-order valence-corrected chi connectivity index (χ3v) is 3.06. The number of nitrogens with zero attached hydrogens (tertiary/aromatic N) is 1. The zero-order valence-electron chi connectivity index (χ0n) is 12.5. The Balaban J connectivity index is 2.66. The fourth-order valence-electron chi connectivity index (χ4n) is 2.02. The van der Waals surface area contributed by atoms with E-state index < -0.39 is 12.0 Å². The highest BCUT2D eigenvalue weighted by Gasteiger charge is 2.21. The Morgan fingerprint density at radius 3 is 2.55 bits per heavy atom. The van der Waals surface area contributed by atoms with E-state index in [9.17, 15) is 9.59 Å². The molecule has 1 amide bonds. The van der Waals surface area contributed by atoms with Crippen LogP contribution in [-0.4, -0.2) is 43.5 Å². The quantitative estimate of drug-likeness (QED) is 0.792. The summed E-state index contributed by atoms with van der Waals surface area (Å²) in [5.74, 6) is -0.679. The average molecular weight is 278 g/mol. The predicted octanol–water partition coefficient (Wildman–Crippen LogP) is 1.10. The van der Waals surface area contributed by atoms with Crippen molar-refractivity contribution in [3.8, 4) is 0 Å². The number of carbonyl (C=O) groups excluding carboxylic acids is 2. The Morgan fingerprint density at radius 1 is 1.35 bits per heavy atom. The zero-order valence-corrected chi connectivity index (χ0v) is 12.5. The van der Waals surface area contributed by atoms with Crippen LogP contribution in [0.4, 0.5) is 0 Å². The molecule has 0 aliphatic rings. The number of hydrogen-bond acceptors (Lipinski definition) is 4. The first-order valence-corrected chi connectivity index (χ1v) is 6.52. The van der Waals surface area contributed by atoms with Gasteiger partial charge in [-0.25, -0.2) is 4.79 Å². The van der Waals surface area contributed by atoms with Crippen LogP contribution in [-0.2, 0) is 20.9 Å². The van der Waals surface area contributed by atoms with E-state index in [4.69, 9.17) is 4.74 Å². The van der Waals surface area contributed by atoms with Crippen molar-refractivity contribution in [1.29, 1.82) is 0 Å². The maximum atomic E-state index is 11.6. The summed E-state index contributed by atoms with van der Waals surface area (Å²) in [5, 5.41) is 2.61. The van der Waals surface area contributed by atoms with E-state index in [0.29, 0.717) is 13.1 Å². The number of rotatable bonds is 6. The lowest BCUT2D eigenvalue weighted by atomic mass is 10.1. The van der Waals surface area contributed by atoms with Gasteiger partial charge in [0.25, 0.3) is 0 Å². The Kier molecular flexibility index (Phi) is 6.18.